The molecule has 3 aromatic rings. The molecule has 0 aliphatic rings. The van der Waals surface area contributed by atoms with Crippen molar-refractivity contribution in [3.63, 3.8) is 0 Å². The Bertz CT molecular complexity index is 802. The summed E-state index contributed by atoms with van der Waals surface area (Å²) in [6.07, 6.45) is 1.80. The van der Waals surface area contributed by atoms with E-state index in [1.54, 1.807) is 18.3 Å². The van der Waals surface area contributed by atoms with Gasteiger partial charge in [-0.1, -0.05) is 48.5 Å². The van der Waals surface area contributed by atoms with Crippen LogP contribution in [0.5, 0.6) is 0 Å². The van der Waals surface area contributed by atoms with Crippen LogP contribution in [0, 0.1) is 0 Å². The van der Waals surface area contributed by atoms with E-state index in [0.29, 0.717) is 11.4 Å². The third-order valence-electron chi connectivity index (χ3n) is 3.99. The maximum Gasteiger partial charge on any atom is 0.256 e. The molecule has 0 atom stereocenters. The summed E-state index contributed by atoms with van der Waals surface area (Å²) in [6.45, 7) is 3.83. The Labute approximate surface area is 148 Å². The summed E-state index contributed by atoms with van der Waals surface area (Å²) < 4.78 is 0. The second kappa shape index (κ2) is 8.11. The van der Waals surface area contributed by atoms with Gasteiger partial charge in [-0.15, -0.1) is 0 Å². The number of amides is 1. The topological polar surface area (TPSA) is 45.2 Å². The van der Waals surface area contributed by atoms with E-state index < -0.39 is 0 Å². The SMILES string of the molecule is CCN(Cc1ccccc1)c1ccc(NC(=O)c2ccccc2)nc1. The lowest BCUT2D eigenvalue weighted by Gasteiger charge is -2.23. The Morgan fingerprint density at radius 2 is 1.64 bits per heavy atom. The first-order valence-electron chi connectivity index (χ1n) is 8.37. The van der Waals surface area contributed by atoms with Gasteiger partial charge in [-0.25, -0.2) is 4.98 Å². The average Bonchev–Trinajstić information content (AvgIpc) is 2.68. The fourth-order valence-electron chi connectivity index (χ4n) is 2.61. The van der Waals surface area contributed by atoms with Crippen molar-refractivity contribution in [2.75, 3.05) is 16.8 Å². The van der Waals surface area contributed by atoms with Crippen molar-refractivity contribution >= 4 is 17.4 Å². The summed E-state index contributed by atoms with van der Waals surface area (Å²) >= 11 is 0. The molecule has 4 heteroatoms. The quantitative estimate of drug-likeness (QED) is 0.730. The van der Waals surface area contributed by atoms with Gasteiger partial charge in [0.2, 0.25) is 0 Å². The number of aromatic nitrogens is 1. The van der Waals surface area contributed by atoms with Gasteiger partial charge in [-0.3, -0.25) is 4.79 Å². The molecule has 0 saturated carbocycles. The highest BCUT2D eigenvalue weighted by molar-refractivity contribution is 6.03. The van der Waals surface area contributed by atoms with Gasteiger partial charge < -0.3 is 10.2 Å². The molecule has 0 spiro atoms. The summed E-state index contributed by atoms with van der Waals surface area (Å²) in [5.74, 6) is 0.394. The fraction of sp³-hybridized carbons (Fsp3) is 0.143. The van der Waals surface area contributed by atoms with E-state index in [4.69, 9.17) is 0 Å². The van der Waals surface area contributed by atoms with Crippen LogP contribution in [0.3, 0.4) is 0 Å². The average molecular weight is 331 g/mol. The second-order valence-electron chi connectivity index (χ2n) is 5.72. The first-order chi connectivity index (χ1) is 12.3. The van der Waals surface area contributed by atoms with Gasteiger partial charge in [-0.2, -0.15) is 0 Å². The Morgan fingerprint density at radius 1 is 0.960 bits per heavy atom. The van der Waals surface area contributed by atoms with Gasteiger partial charge in [0.1, 0.15) is 5.82 Å². The van der Waals surface area contributed by atoms with Crippen molar-refractivity contribution in [3.05, 3.63) is 90.1 Å². The van der Waals surface area contributed by atoms with E-state index in [1.165, 1.54) is 5.56 Å². The van der Waals surface area contributed by atoms with Crippen LogP contribution in [0.15, 0.2) is 79.0 Å². The van der Waals surface area contributed by atoms with Crippen molar-refractivity contribution in [1.29, 1.82) is 0 Å². The molecule has 3 rings (SSSR count). The summed E-state index contributed by atoms with van der Waals surface area (Å²) in [5, 5.41) is 2.82. The van der Waals surface area contributed by atoms with Crippen LogP contribution in [0.4, 0.5) is 11.5 Å². The van der Waals surface area contributed by atoms with Gasteiger partial charge >= 0.3 is 0 Å². The largest absolute Gasteiger partial charge is 0.366 e. The van der Waals surface area contributed by atoms with Gasteiger partial charge in [-0.05, 0) is 36.8 Å². The highest BCUT2D eigenvalue weighted by Gasteiger charge is 2.08. The molecule has 0 aliphatic heterocycles. The predicted octanol–water partition coefficient (Wildman–Crippen LogP) is 4.36. The molecule has 0 unspecified atom stereocenters. The molecular formula is C21H21N3O. The van der Waals surface area contributed by atoms with Crippen LogP contribution in [0.2, 0.25) is 0 Å². The van der Waals surface area contributed by atoms with E-state index in [2.05, 4.69) is 34.3 Å². The molecule has 25 heavy (non-hydrogen) atoms. The van der Waals surface area contributed by atoms with Crippen molar-refractivity contribution in [2.24, 2.45) is 0 Å². The highest BCUT2D eigenvalue weighted by atomic mass is 16.1. The molecule has 0 radical (unpaired) electrons. The first-order valence-corrected chi connectivity index (χ1v) is 8.37. The van der Waals surface area contributed by atoms with Crippen LogP contribution >= 0.6 is 0 Å². The van der Waals surface area contributed by atoms with E-state index in [-0.39, 0.29) is 5.91 Å². The molecule has 4 nitrogen and oxygen atoms in total. The number of rotatable bonds is 6. The standard InChI is InChI=1S/C21H21N3O/c1-2-24(16-17-9-5-3-6-10-17)19-13-14-20(22-15-19)23-21(25)18-11-7-4-8-12-18/h3-15H,2,16H2,1H3,(H,22,23,25). The van der Waals surface area contributed by atoms with Crippen LogP contribution in [-0.2, 0) is 6.54 Å². The number of nitrogens with zero attached hydrogens (tertiary/aromatic N) is 2. The minimum absolute atomic E-state index is 0.155. The number of carbonyl (C=O) groups is 1. The van der Waals surface area contributed by atoms with Crippen molar-refractivity contribution < 1.29 is 4.79 Å². The van der Waals surface area contributed by atoms with E-state index >= 15 is 0 Å². The molecule has 2 aromatic carbocycles. The Balaban J connectivity index is 1.67. The summed E-state index contributed by atoms with van der Waals surface area (Å²) in [6, 6.07) is 23.3. The van der Waals surface area contributed by atoms with Crippen LogP contribution in [0.1, 0.15) is 22.8 Å². The zero-order chi connectivity index (χ0) is 17.5. The summed E-state index contributed by atoms with van der Waals surface area (Å²) in [4.78, 5) is 18.8. The van der Waals surface area contributed by atoms with Gasteiger partial charge in [0.15, 0.2) is 0 Å². The number of carbonyl (C=O) groups excluding carboxylic acids is 1. The van der Waals surface area contributed by atoms with E-state index in [9.17, 15) is 4.79 Å². The van der Waals surface area contributed by atoms with Crippen LogP contribution in [-0.4, -0.2) is 17.4 Å². The lowest BCUT2D eigenvalue weighted by atomic mass is 10.2. The maximum atomic E-state index is 12.2. The lowest BCUT2D eigenvalue weighted by Crippen LogP contribution is -2.22. The lowest BCUT2D eigenvalue weighted by molar-refractivity contribution is 0.102. The van der Waals surface area contributed by atoms with Gasteiger partial charge in [0, 0.05) is 18.7 Å². The second-order valence-corrected chi connectivity index (χ2v) is 5.72. The zero-order valence-electron chi connectivity index (χ0n) is 14.2. The Hall–Kier alpha value is -3.14. The molecule has 0 saturated heterocycles. The number of hydrogen-bond acceptors (Lipinski definition) is 3. The highest BCUT2D eigenvalue weighted by Crippen LogP contribution is 2.18. The molecule has 0 fully saturated rings. The smallest absolute Gasteiger partial charge is 0.256 e. The van der Waals surface area contributed by atoms with Crippen molar-refractivity contribution in [3.8, 4) is 0 Å². The third kappa shape index (κ3) is 4.44. The van der Waals surface area contributed by atoms with Gasteiger partial charge in [0.05, 0.1) is 11.9 Å². The van der Waals surface area contributed by atoms with E-state index in [0.717, 1.165) is 18.8 Å². The van der Waals surface area contributed by atoms with Crippen molar-refractivity contribution in [2.45, 2.75) is 13.5 Å². The molecule has 1 amide bonds. The number of nitrogens with one attached hydrogen (secondary N) is 1. The molecule has 1 aromatic heterocycles. The van der Waals surface area contributed by atoms with Crippen LogP contribution < -0.4 is 10.2 Å². The fourth-order valence-corrected chi connectivity index (χ4v) is 2.61. The molecule has 1 heterocycles. The number of hydrogen-bond donors (Lipinski definition) is 1. The summed E-state index contributed by atoms with van der Waals surface area (Å²) in [5.41, 5.74) is 2.91. The summed E-state index contributed by atoms with van der Waals surface area (Å²) in [7, 11) is 0. The monoisotopic (exact) mass is 331 g/mol. The third-order valence-corrected chi connectivity index (χ3v) is 3.99. The molecule has 1 N–H and O–H groups in total. The number of anilines is 2. The molecule has 126 valence electrons. The zero-order valence-corrected chi connectivity index (χ0v) is 14.2. The van der Waals surface area contributed by atoms with Crippen LogP contribution in [0.25, 0.3) is 0 Å². The maximum absolute atomic E-state index is 12.2. The Morgan fingerprint density at radius 3 is 2.24 bits per heavy atom. The predicted molar refractivity (Wildman–Crippen MR) is 102 cm³/mol. The van der Waals surface area contributed by atoms with Gasteiger partial charge in [0.25, 0.3) is 5.91 Å². The van der Waals surface area contributed by atoms with Crippen molar-refractivity contribution in [1.82, 2.24) is 4.98 Å². The Kier molecular flexibility index (Phi) is 5.42. The first kappa shape index (κ1) is 16.7. The minimum atomic E-state index is -0.155. The van der Waals surface area contributed by atoms with E-state index in [1.807, 2.05) is 48.5 Å². The number of pyridine rings is 1. The minimum Gasteiger partial charge on any atom is -0.366 e. The normalized spacial score (nSPS) is 10.3. The molecule has 0 bridgehead atoms. The molecule has 0 aliphatic carbocycles. The molecular weight excluding hydrogens is 310 g/mol. The number of benzene rings is 2.